The number of benzene rings is 1. The zero-order valence-corrected chi connectivity index (χ0v) is 17.0. The highest BCUT2D eigenvalue weighted by molar-refractivity contribution is 5.90. The van der Waals surface area contributed by atoms with Crippen LogP contribution in [-0.4, -0.2) is 11.6 Å². The lowest BCUT2D eigenvalue weighted by Gasteiger charge is -2.37. The van der Waals surface area contributed by atoms with Gasteiger partial charge in [-0.2, -0.15) is 0 Å². The number of carbonyl (C=O) groups excluding carboxylic acids is 1. The fourth-order valence-electron chi connectivity index (χ4n) is 6.71. The van der Waals surface area contributed by atoms with Gasteiger partial charge in [0.05, 0.1) is 5.56 Å². The lowest BCUT2D eigenvalue weighted by Crippen LogP contribution is -2.33. The lowest BCUT2D eigenvalue weighted by molar-refractivity contribution is -0.0222. The Balaban J connectivity index is 1.36. The molecular weight excluding hydrogens is 332 g/mol. The highest BCUT2D eigenvalue weighted by Gasteiger charge is 2.61. The predicted octanol–water partition coefficient (Wildman–Crippen LogP) is 5.84. The second-order valence-corrected chi connectivity index (χ2v) is 10.4. The van der Waals surface area contributed by atoms with Crippen LogP contribution in [-0.2, 0) is 4.74 Å². The van der Waals surface area contributed by atoms with E-state index in [0.29, 0.717) is 11.5 Å². The summed E-state index contributed by atoms with van der Waals surface area (Å²) in [6, 6.07) is 8.34. The van der Waals surface area contributed by atoms with Crippen LogP contribution < -0.4 is 0 Å². The molecule has 0 N–H and O–H groups in total. The van der Waals surface area contributed by atoms with Crippen molar-refractivity contribution in [2.24, 2.45) is 41.4 Å². The first-order valence-electron chi connectivity index (χ1n) is 10.9. The fourth-order valence-corrected chi connectivity index (χ4v) is 6.71. The predicted molar refractivity (Wildman–Crippen MR) is 107 cm³/mol. The highest BCUT2D eigenvalue weighted by atomic mass is 16.6. The van der Waals surface area contributed by atoms with Crippen molar-refractivity contribution in [1.29, 1.82) is 0 Å². The van der Waals surface area contributed by atoms with Crippen LogP contribution in [0.1, 0.15) is 68.8 Å². The van der Waals surface area contributed by atoms with Crippen molar-refractivity contribution in [3.63, 3.8) is 0 Å². The van der Waals surface area contributed by atoms with Crippen LogP contribution in [0.5, 0.6) is 0 Å². The molecule has 2 heteroatoms. The third-order valence-electron chi connectivity index (χ3n) is 8.57. The molecule has 2 nitrogen and oxygen atoms in total. The van der Waals surface area contributed by atoms with Gasteiger partial charge >= 0.3 is 5.97 Å². The number of hydrogen-bond acceptors (Lipinski definition) is 2. The zero-order valence-electron chi connectivity index (χ0n) is 17.0. The van der Waals surface area contributed by atoms with Crippen molar-refractivity contribution in [3.05, 3.63) is 47.5 Å². The summed E-state index contributed by atoms with van der Waals surface area (Å²) >= 11 is 0. The van der Waals surface area contributed by atoms with Crippen LogP contribution in [0.25, 0.3) is 0 Å². The first-order chi connectivity index (χ1) is 12.8. The SMILES string of the molecule is CC(C)C(C)(C)OC(=O)c1cccc(C2CC3CC2C2C4C=CC(C4)C32)c1. The van der Waals surface area contributed by atoms with Crippen molar-refractivity contribution >= 4 is 5.97 Å². The van der Waals surface area contributed by atoms with Gasteiger partial charge in [-0.25, -0.2) is 4.79 Å². The van der Waals surface area contributed by atoms with Crippen LogP contribution in [0, 0.1) is 41.4 Å². The minimum Gasteiger partial charge on any atom is -0.456 e. The normalized spacial score (nSPS) is 38.6. The standard InChI is InChI=1S/C25H32O2/c1-14(2)25(3,4)27-24(26)18-7-5-6-15(10-18)20-12-19-13-21(20)23-17-9-8-16(11-17)22(19)23/h5-10,14,16-17,19-23H,11-13H2,1-4H3. The number of fused-ring (bicyclic) bond motifs is 9. The van der Waals surface area contributed by atoms with Crippen molar-refractivity contribution in [2.75, 3.05) is 0 Å². The van der Waals surface area contributed by atoms with E-state index in [0.717, 1.165) is 35.5 Å². The zero-order chi connectivity index (χ0) is 18.9. The Labute approximate surface area is 163 Å². The van der Waals surface area contributed by atoms with Crippen LogP contribution in [0.4, 0.5) is 0 Å². The summed E-state index contributed by atoms with van der Waals surface area (Å²) in [5.74, 6) is 6.03. The van der Waals surface area contributed by atoms with Gasteiger partial charge in [0, 0.05) is 0 Å². The van der Waals surface area contributed by atoms with E-state index in [4.69, 9.17) is 4.74 Å². The van der Waals surface area contributed by atoms with Gasteiger partial charge < -0.3 is 4.74 Å². The van der Waals surface area contributed by atoms with Gasteiger partial charge in [-0.05, 0) is 98.1 Å². The summed E-state index contributed by atoms with van der Waals surface area (Å²) in [6.07, 6.45) is 9.15. The van der Waals surface area contributed by atoms with E-state index in [1.54, 1.807) is 0 Å². The number of ether oxygens (including phenoxy) is 1. The van der Waals surface area contributed by atoms with E-state index in [2.05, 4.69) is 44.2 Å². The summed E-state index contributed by atoms with van der Waals surface area (Å²) in [4.78, 5) is 12.7. The van der Waals surface area contributed by atoms with E-state index in [1.165, 1.54) is 24.8 Å². The summed E-state index contributed by atoms with van der Waals surface area (Å²) < 4.78 is 5.83. The fraction of sp³-hybridized carbons (Fsp3) is 0.640. The van der Waals surface area contributed by atoms with Crippen LogP contribution in [0.15, 0.2) is 36.4 Å². The Kier molecular flexibility index (Phi) is 3.87. The Hall–Kier alpha value is -1.57. The Morgan fingerprint density at radius 1 is 1.07 bits per heavy atom. The number of hydrogen-bond donors (Lipinski definition) is 0. The Morgan fingerprint density at radius 2 is 1.81 bits per heavy atom. The number of esters is 1. The minimum atomic E-state index is -0.442. The lowest BCUT2D eigenvalue weighted by atomic mass is 9.68. The molecular formula is C25H32O2. The van der Waals surface area contributed by atoms with Gasteiger partial charge in [0.2, 0.25) is 0 Å². The molecule has 1 aromatic carbocycles. The van der Waals surface area contributed by atoms with Gasteiger partial charge in [-0.3, -0.25) is 0 Å². The van der Waals surface area contributed by atoms with E-state index in [1.807, 2.05) is 19.9 Å². The highest BCUT2D eigenvalue weighted by Crippen LogP contribution is 2.68. The summed E-state index contributed by atoms with van der Waals surface area (Å²) in [5, 5.41) is 0. The Bertz CT molecular complexity index is 789. The summed E-state index contributed by atoms with van der Waals surface area (Å²) in [6.45, 7) is 8.19. The molecule has 144 valence electrons. The molecule has 0 aromatic heterocycles. The van der Waals surface area contributed by atoms with E-state index >= 15 is 0 Å². The molecule has 0 heterocycles. The molecule has 0 amide bonds. The van der Waals surface area contributed by atoms with Gasteiger partial charge in [-0.1, -0.05) is 38.1 Å². The minimum absolute atomic E-state index is 0.181. The summed E-state index contributed by atoms with van der Waals surface area (Å²) in [7, 11) is 0. The molecule has 3 saturated carbocycles. The van der Waals surface area contributed by atoms with E-state index in [9.17, 15) is 4.79 Å². The molecule has 5 rings (SSSR count). The molecule has 27 heavy (non-hydrogen) atoms. The average molecular weight is 365 g/mol. The van der Waals surface area contributed by atoms with Gasteiger partial charge in [-0.15, -0.1) is 0 Å². The summed E-state index contributed by atoms with van der Waals surface area (Å²) in [5.41, 5.74) is 1.64. The molecule has 7 unspecified atom stereocenters. The smallest absolute Gasteiger partial charge is 0.338 e. The van der Waals surface area contributed by atoms with Gasteiger partial charge in [0.15, 0.2) is 0 Å². The van der Waals surface area contributed by atoms with Crippen LogP contribution in [0.2, 0.25) is 0 Å². The number of rotatable bonds is 4. The van der Waals surface area contributed by atoms with Crippen molar-refractivity contribution < 1.29 is 9.53 Å². The first-order valence-corrected chi connectivity index (χ1v) is 10.9. The molecule has 3 fully saturated rings. The monoisotopic (exact) mass is 364 g/mol. The first kappa shape index (κ1) is 17.5. The molecule has 4 aliphatic rings. The van der Waals surface area contributed by atoms with Crippen molar-refractivity contribution in [3.8, 4) is 0 Å². The molecule has 4 bridgehead atoms. The maximum Gasteiger partial charge on any atom is 0.338 e. The largest absolute Gasteiger partial charge is 0.456 e. The maximum atomic E-state index is 12.7. The van der Waals surface area contributed by atoms with Gasteiger partial charge in [0.25, 0.3) is 0 Å². The van der Waals surface area contributed by atoms with Gasteiger partial charge in [0.1, 0.15) is 5.60 Å². The Morgan fingerprint density at radius 3 is 2.56 bits per heavy atom. The molecule has 1 aromatic rings. The topological polar surface area (TPSA) is 26.3 Å². The van der Waals surface area contributed by atoms with Crippen LogP contribution in [0.3, 0.4) is 0 Å². The second kappa shape index (κ2) is 5.96. The van der Waals surface area contributed by atoms with E-state index < -0.39 is 5.60 Å². The van der Waals surface area contributed by atoms with Crippen LogP contribution >= 0.6 is 0 Å². The average Bonchev–Trinajstić information content (AvgIpc) is 3.40. The molecule has 0 radical (unpaired) electrons. The molecule has 0 saturated heterocycles. The molecule has 0 aliphatic heterocycles. The third kappa shape index (κ3) is 2.62. The molecule has 4 aliphatic carbocycles. The number of allylic oxidation sites excluding steroid dienone is 2. The third-order valence-corrected chi connectivity index (χ3v) is 8.57. The molecule has 7 atom stereocenters. The quantitative estimate of drug-likeness (QED) is 0.381. The maximum absolute atomic E-state index is 12.7. The number of carbonyl (C=O) groups is 1. The van der Waals surface area contributed by atoms with E-state index in [-0.39, 0.29) is 11.9 Å². The molecule has 0 spiro atoms. The second-order valence-electron chi connectivity index (χ2n) is 10.4. The van der Waals surface area contributed by atoms with Crippen molar-refractivity contribution in [2.45, 2.75) is 58.5 Å². The van der Waals surface area contributed by atoms with Crippen molar-refractivity contribution in [1.82, 2.24) is 0 Å².